The molecule has 4 nitrogen and oxygen atoms in total. The van der Waals surface area contributed by atoms with Crippen molar-refractivity contribution in [1.82, 2.24) is 0 Å². The van der Waals surface area contributed by atoms with Crippen LogP contribution in [0, 0.1) is 28.1 Å². The number of hydrogen-bond acceptors (Lipinski definition) is 4. The smallest absolute Gasteiger partial charge is 0.311 e. The topological polar surface area (TPSA) is 59.3 Å². The molecule has 1 saturated carbocycles. The van der Waals surface area contributed by atoms with Crippen molar-refractivity contribution in [1.29, 1.82) is 5.26 Å². The monoisotopic (exact) mass is 413 g/mol. The summed E-state index contributed by atoms with van der Waals surface area (Å²) in [4.78, 5) is 12.8. The summed E-state index contributed by atoms with van der Waals surface area (Å²) in [7, 11) is 1.57. The second kappa shape index (κ2) is 7.81. The molecule has 0 spiro atoms. The Hall–Kier alpha value is -2.78. The lowest BCUT2D eigenvalue weighted by atomic mass is 9.97. The van der Waals surface area contributed by atoms with E-state index < -0.39 is 29.3 Å². The summed E-state index contributed by atoms with van der Waals surface area (Å²) in [6, 6.07) is 14.8. The second-order valence-electron chi connectivity index (χ2n) is 8.52. The molecule has 3 rings (SSSR count). The quantitative estimate of drug-likeness (QED) is 0.582. The van der Waals surface area contributed by atoms with Gasteiger partial charge in [0.25, 0.3) is 5.92 Å². The number of ether oxygens (including phenoxy) is 2. The van der Waals surface area contributed by atoms with Crippen LogP contribution in [-0.4, -0.2) is 19.7 Å². The van der Waals surface area contributed by atoms with Crippen molar-refractivity contribution in [3.05, 3.63) is 71.3 Å². The first-order chi connectivity index (χ1) is 14.1. The molecule has 1 aliphatic rings. The third kappa shape index (κ3) is 3.59. The van der Waals surface area contributed by atoms with E-state index in [1.54, 1.807) is 25.3 Å². The molecule has 3 unspecified atom stereocenters. The van der Waals surface area contributed by atoms with Crippen LogP contribution in [0.25, 0.3) is 0 Å². The van der Waals surface area contributed by atoms with Crippen LogP contribution in [-0.2, 0) is 20.2 Å². The minimum atomic E-state index is -3.24. The van der Waals surface area contributed by atoms with Crippen LogP contribution in [0.15, 0.2) is 54.6 Å². The van der Waals surface area contributed by atoms with Crippen molar-refractivity contribution in [2.24, 2.45) is 16.7 Å². The van der Waals surface area contributed by atoms with E-state index >= 15 is 0 Å². The fourth-order valence-electron chi connectivity index (χ4n) is 4.26. The van der Waals surface area contributed by atoms with Crippen LogP contribution < -0.4 is 0 Å². The summed E-state index contributed by atoms with van der Waals surface area (Å²) in [5, 5.41) is 9.57. The number of methoxy groups -OCH3 is 1. The maximum absolute atomic E-state index is 14.9. The minimum absolute atomic E-state index is 0.150. The lowest BCUT2D eigenvalue weighted by molar-refractivity contribution is -0.150. The summed E-state index contributed by atoms with van der Waals surface area (Å²) in [5.41, 5.74) is -0.949. The molecule has 0 bridgehead atoms. The zero-order chi connectivity index (χ0) is 22.2. The van der Waals surface area contributed by atoms with E-state index in [-0.39, 0.29) is 22.1 Å². The zero-order valence-electron chi connectivity index (χ0n) is 17.5. The first kappa shape index (κ1) is 21.9. The van der Waals surface area contributed by atoms with Gasteiger partial charge in [0.05, 0.1) is 12.5 Å². The number of nitrogens with zero attached hydrogens (tertiary/aromatic N) is 1. The number of rotatable bonds is 7. The molecule has 2 aromatic rings. The zero-order valence-corrected chi connectivity index (χ0v) is 17.5. The van der Waals surface area contributed by atoms with Gasteiger partial charge in [0.1, 0.15) is 6.07 Å². The van der Waals surface area contributed by atoms with E-state index in [4.69, 9.17) is 9.47 Å². The van der Waals surface area contributed by atoms with Gasteiger partial charge in [0.2, 0.25) is 6.10 Å². The van der Waals surface area contributed by atoms with Crippen molar-refractivity contribution >= 4 is 5.97 Å². The largest absolute Gasteiger partial charge is 0.442 e. The Kier molecular flexibility index (Phi) is 5.70. The Bertz CT molecular complexity index is 968. The van der Waals surface area contributed by atoms with Gasteiger partial charge >= 0.3 is 5.97 Å². The molecular formula is C24H25F2NO3. The molecule has 0 aliphatic heterocycles. The summed E-state index contributed by atoms with van der Waals surface area (Å²) < 4.78 is 40.5. The van der Waals surface area contributed by atoms with Crippen molar-refractivity contribution < 1.29 is 23.0 Å². The van der Waals surface area contributed by atoms with Crippen LogP contribution in [0.5, 0.6) is 0 Å². The van der Waals surface area contributed by atoms with Crippen LogP contribution in [0.4, 0.5) is 8.78 Å². The first-order valence-corrected chi connectivity index (χ1v) is 9.72. The van der Waals surface area contributed by atoms with Gasteiger partial charge in [-0.2, -0.15) is 14.0 Å². The van der Waals surface area contributed by atoms with Gasteiger partial charge in [-0.05, 0) is 11.5 Å². The molecule has 0 radical (unpaired) electrons. The number of alkyl halides is 2. The summed E-state index contributed by atoms with van der Waals surface area (Å²) in [6.45, 7) is 6.21. The number of carbonyl (C=O) groups is 1. The van der Waals surface area contributed by atoms with Crippen molar-refractivity contribution in [3.8, 4) is 6.07 Å². The molecule has 6 heteroatoms. The van der Waals surface area contributed by atoms with Gasteiger partial charge in [-0.25, -0.2) is 0 Å². The second-order valence-corrected chi connectivity index (χ2v) is 8.52. The Morgan fingerprint density at radius 1 is 1.13 bits per heavy atom. The third-order valence-electron chi connectivity index (χ3n) is 6.47. The Morgan fingerprint density at radius 2 is 1.77 bits per heavy atom. The normalized spacial score (nSPS) is 23.3. The molecular weight excluding hydrogens is 388 g/mol. The van der Waals surface area contributed by atoms with Crippen LogP contribution in [0.1, 0.15) is 43.6 Å². The molecule has 0 aromatic heterocycles. The van der Waals surface area contributed by atoms with E-state index in [1.807, 2.05) is 26.8 Å². The molecule has 30 heavy (non-hydrogen) atoms. The minimum Gasteiger partial charge on any atom is -0.442 e. The van der Waals surface area contributed by atoms with E-state index in [0.29, 0.717) is 6.61 Å². The Labute approximate surface area is 175 Å². The van der Waals surface area contributed by atoms with Gasteiger partial charge < -0.3 is 9.47 Å². The van der Waals surface area contributed by atoms with Crippen molar-refractivity contribution in [2.75, 3.05) is 13.7 Å². The molecule has 0 heterocycles. The van der Waals surface area contributed by atoms with Gasteiger partial charge in [-0.3, -0.25) is 4.79 Å². The van der Waals surface area contributed by atoms with Gasteiger partial charge in [0, 0.05) is 29.2 Å². The van der Waals surface area contributed by atoms with Gasteiger partial charge in [-0.15, -0.1) is 0 Å². The maximum Gasteiger partial charge on any atom is 0.311 e. The average Bonchev–Trinajstić information content (AvgIpc) is 3.18. The molecule has 0 amide bonds. The van der Waals surface area contributed by atoms with Crippen LogP contribution in [0.2, 0.25) is 0 Å². The predicted octanol–water partition coefficient (Wildman–Crippen LogP) is 5.24. The van der Waals surface area contributed by atoms with Crippen LogP contribution >= 0.6 is 0 Å². The molecule has 2 aromatic carbocycles. The van der Waals surface area contributed by atoms with E-state index in [1.165, 1.54) is 36.4 Å². The van der Waals surface area contributed by atoms with Crippen molar-refractivity contribution in [2.45, 2.75) is 32.8 Å². The number of halogens is 2. The standard InChI is InChI=1S/C24H25F2NO3/c1-22(2)20(23(22,3)15-29-4)21(28)30-19(14-27)16-9-8-12-18(13-16)24(25,26)17-10-6-5-7-11-17/h5-13,19-20H,15H2,1-4H3. The third-order valence-corrected chi connectivity index (χ3v) is 6.47. The average molecular weight is 413 g/mol. The molecule has 0 N–H and O–H groups in total. The summed E-state index contributed by atoms with van der Waals surface area (Å²) in [6.07, 6.45) is -1.27. The fraction of sp³-hybridized carbons (Fsp3) is 0.417. The molecule has 158 valence electrons. The molecule has 1 aliphatic carbocycles. The summed E-state index contributed by atoms with van der Waals surface area (Å²) >= 11 is 0. The number of benzene rings is 2. The highest BCUT2D eigenvalue weighted by atomic mass is 19.3. The number of carbonyl (C=O) groups excluding carboxylic acids is 1. The number of nitriles is 1. The van der Waals surface area contributed by atoms with Crippen molar-refractivity contribution in [3.63, 3.8) is 0 Å². The Balaban J connectivity index is 1.83. The van der Waals surface area contributed by atoms with E-state index in [0.717, 1.165) is 0 Å². The highest BCUT2D eigenvalue weighted by molar-refractivity contribution is 5.79. The summed E-state index contributed by atoms with van der Waals surface area (Å²) in [5.74, 6) is -4.20. The SMILES string of the molecule is COCC1(C)C(C(=O)OC(C#N)c2cccc(C(F)(F)c3ccccc3)c2)C1(C)C. The molecule has 0 saturated heterocycles. The van der Waals surface area contributed by atoms with Crippen LogP contribution in [0.3, 0.4) is 0 Å². The van der Waals surface area contributed by atoms with E-state index in [2.05, 4.69) is 0 Å². The molecule has 3 atom stereocenters. The fourth-order valence-corrected chi connectivity index (χ4v) is 4.26. The molecule has 1 fully saturated rings. The number of esters is 1. The van der Waals surface area contributed by atoms with Gasteiger partial charge in [-0.1, -0.05) is 69.3 Å². The first-order valence-electron chi connectivity index (χ1n) is 9.72. The predicted molar refractivity (Wildman–Crippen MR) is 108 cm³/mol. The highest BCUT2D eigenvalue weighted by Crippen LogP contribution is 2.69. The van der Waals surface area contributed by atoms with E-state index in [9.17, 15) is 18.8 Å². The number of hydrogen-bond donors (Lipinski definition) is 0. The Morgan fingerprint density at radius 3 is 2.37 bits per heavy atom. The lowest BCUT2D eigenvalue weighted by Crippen LogP contribution is -2.19. The lowest BCUT2D eigenvalue weighted by Gasteiger charge is -2.19. The maximum atomic E-state index is 14.9. The van der Waals surface area contributed by atoms with Gasteiger partial charge in [0.15, 0.2) is 0 Å². The highest BCUT2D eigenvalue weighted by Gasteiger charge is 2.72.